The summed E-state index contributed by atoms with van der Waals surface area (Å²) in [6, 6.07) is -0.355. The van der Waals surface area contributed by atoms with Gasteiger partial charge in [0.25, 0.3) is 0 Å². The van der Waals surface area contributed by atoms with Gasteiger partial charge in [0.05, 0.1) is 12.6 Å². The first-order chi connectivity index (χ1) is 9.57. The third kappa shape index (κ3) is 5.17. The topological polar surface area (TPSA) is 77.1 Å². The monoisotopic (exact) mass is 302 g/mol. The molecule has 21 heavy (non-hydrogen) atoms. The Labute approximate surface area is 125 Å². The summed E-state index contributed by atoms with van der Waals surface area (Å²) in [4.78, 5) is 25.6. The second-order valence-corrected chi connectivity index (χ2v) is 6.50. The molecule has 1 heterocycles. The molecule has 2 amide bonds. The van der Waals surface area contributed by atoms with Crippen molar-refractivity contribution in [3.63, 3.8) is 0 Å². The number of ether oxygens (including phenoxy) is 3. The maximum Gasteiger partial charge on any atom is 0.412 e. The largest absolute Gasteiger partial charge is 0.444 e. The quantitative estimate of drug-likeness (QED) is 0.796. The van der Waals surface area contributed by atoms with Crippen LogP contribution in [-0.4, -0.2) is 54.7 Å². The highest BCUT2D eigenvalue weighted by Gasteiger charge is 2.46. The van der Waals surface area contributed by atoms with Crippen LogP contribution in [0.15, 0.2) is 0 Å². The maximum absolute atomic E-state index is 12.3. The molecular formula is C14H26N2O5. The van der Waals surface area contributed by atoms with Crippen LogP contribution in [0, 0.1) is 0 Å². The molecule has 0 radical (unpaired) electrons. The highest BCUT2D eigenvalue weighted by molar-refractivity contribution is 5.78. The lowest BCUT2D eigenvalue weighted by atomic mass is 10.1. The van der Waals surface area contributed by atoms with Gasteiger partial charge >= 0.3 is 6.09 Å². The Bertz CT molecular complexity index is 389. The molecule has 0 aliphatic carbocycles. The van der Waals surface area contributed by atoms with Crippen LogP contribution < -0.4 is 5.32 Å². The fourth-order valence-electron chi connectivity index (χ4n) is 2.15. The van der Waals surface area contributed by atoms with Crippen LogP contribution in [0.4, 0.5) is 4.79 Å². The van der Waals surface area contributed by atoms with Crippen LogP contribution >= 0.6 is 0 Å². The molecule has 0 unspecified atom stereocenters. The van der Waals surface area contributed by atoms with E-state index < -0.39 is 17.4 Å². The zero-order valence-corrected chi connectivity index (χ0v) is 13.7. The van der Waals surface area contributed by atoms with Gasteiger partial charge in [0, 0.05) is 13.5 Å². The first-order valence-electron chi connectivity index (χ1n) is 6.99. The third-order valence-corrected chi connectivity index (χ3v) is 3.00. The summed E-state index contributed by atoms with van der Waals surface area (Å²) in [5.74, 6) is -0.197. The van der Waals surface area contributed by atoms with Crippen molar-refractivity contribution in [3.05, 3.63) is 0 Å². The van der Waals surface area contributed by atoms with E-state index in [1.54, 1.807) is 34.6 Å². The van der Waals surface area contributed by atoms with Crippen molar-refractivity contribution in [3.8, 4) is 0 Å². The van der Waals surface area contributed by atoms with Crippen molar-refractivity contribution < 1.29 is 23.8 Å². The molecule has 1 saturated heterocycles. The van der Waals surface area contributed by atoms with E-state index in [0.29, 0.717) is 6.61 Å². The molecule has 1 atom stereocenters. The van der Waals surface area contributed by atoms with E-state index in [-0.39, 0.29) is 25.1 Å². The summed E-state index contributed by atoms with van der Waals surface area (Å²) in [7, 11) is 1.50. The molecule has 0 aromatic heterocycles. The van der Waals surface area contributed by atoms with Crippen LogP contribution in [-0.2, 0) is 19.0 Å². The van der Waals surface area contributed by atoms with Crippen molar-refractivity contribution in [1.29, 1.82) is 0 Å². The predicted octanol–water partition coefficient (Wildman–Crippen LogP) is 1.47. The highest BCUT2D eigenvalue weighted by atomic mass is 16.6. The average molecular weight is 302 g/mol. The molecular weight excluding hydrogens is 276 g/mol. The van der Waals surface area contributed by atoms with Gasteiger partial charge in [0.15, 0.2) is 0 Å². The molecule has 1 fully saturated rings. The lowest BCUT2D eigenvalue weighted by molar-refractivity contribution is -0.123. The minimum atomic E-state index is -0.797. The maximum atomic E-state index is 12.3. The Morgan fingerprint density at radius 2 is 2.00 bits per heavy atom. The minimum absolute atomic E-state index is 0.141. The Hall–Kier alpha value is -1.34. The van der Waals surface area contributed by atoms with Crippen molar-refractivity contribution in [2.45, 2.75) is 58.4 Å². The van der Waals surface area contributed by atoms with Gasteiger partial charge in [-0.1, -0.05) is 0 Å². The number of amides is 2. The normalized spacial score (nSPS) is 21.2. The van der Waals surface area contributed by atoms with E-state index in [1.807, 2.05) is 0 Å². The second kappa shape index (κ2) is 6.62. The van der Waals surface area contributed by atoms with Crippen LogP contribution in [0.5, 0.6) is 0 Å². The minimum Gasteiger partial charge on any atom is -0.444 e. The van der Waals surface area contributed by atoms with Crippen LogP contribution in [0.3, 0.4) is 0 Å². The number of hydrogen-bond acceptors (Lipinski definition) is 5. The van der Waals surface area contributed by atoms with E-state index in [2.05, 4.69) is 5.32 Å². The van der Waals surface area contributed by atoms with Gasteiger partial charge in [0.1, 0.15) is 18.1 Å². The molecule has 1 N–H and O–H groups in total. The standard InChI is InChI=1S/C14H26N2O5/c1-13(2,3)21-12(18)16-10(8-20-14(16,4)5)7-11(17)15-9-19-6/h10H,7-9H2,1-6H3,(H,15,17)/t10-/m0/s1. The number of carbonyl (C=O) groups excluding carboxylic acids is 2. The molecule has 0 spiro atoms. The molecule has 122 valence electrons. The third-order valence-electron chi connectivity index (χ3n) is 3.00. The summed E-state index contributed by atoms with van der Waals surface area (Å²) in [5, 5.41) is 2.60. The van der Waals surface area contributed by atoms with Gasteiger partial charge in [0.2, 0.25) is 5.91 Å². The van der Waals surface area contributed by atoms with E-state index in [0.717, 1.165) is 0 Å². The summed E-state index contributed by atoms with van der Waals surface area (Å²) in [6.45, 7) is 9.40. The van der Waals surface area contributed by atoms with Gasteiger partial charge in [-0.2, -0.15) is 0 Å². The number of methoxy groups -OCH3 is 1. The lowest BCUT2D eigenvalue weighted by Gasteiger charge is -2.34. The van der Waals surface area contributed by atoms with Gasteiger partial charge in [-0.3, -0.25) is 9.69 Å². The van der Waals surface area contributed by atoms with E-state index in [9.17, 15) is 9.59 Å². The molecule has 7 nitrogen and oxygen atoms in total. The van der Waals surface area contributed by atoms with E-state index in [1.165, 1.54) is 12.0 Å². The SMILES string of the molecule is COCNC(=O)C[C@H]1COC(C)(C)N1C(=O)OC(C)(C)C. The van der Waals surface area contributed by atoms with Gasteiger partial charge in [-0.15, -0.1) is 0 Å². The van der Waals surface area contributed by atoms with Crippen LogP contribution in [0.25, 0.3) is 0 Å². The van der Waals surface area contributed by atoms with Gasteiger partial charge in [-0.25, -0.2) is 4.79 Å². The fourth-order valence-corrected chi connectivity index (χ4v) is 2.15. The predicted molar refractivity (Wildman–Crippen MR) is 76.5 cm³/mol. The summed E-state index contributed by atoms with van der Waals surface area (Å²) in [5.41, 5.74) is -1.40. The Balaban J connectivity index is 2.75. The fraction of sp³-hybridized carbons (Fsp3) is 0.857. The Morgan fingerprint density at radius 3 is 2.52 bits per heavy atom. The first-order valence-corrected chi connectivity index (χ1v) is 6.99. The number of nitrogens with one attached hydrogen (secondary N) is 1. The Kier molecular flexibility index (Phi) is 5.58. The molecule has 0 saturated carbocycles. The molecule has 0 aromatic rings. The van der Waals surface area contributed by atoms with Crippen molar-refractivity contribution in [1.82, 2.24) is 10.2 Å². The Morgan fingerprint density at radius 1 is 1.38 bits per heavy atom. The first kappa shape index (κ1) is 17.7. The van der Waals surface area contributed by atoms with Crippen LogP contribution in [0.1, 0.15) is 41.0 Å². The zero-order chi connectivity index (χ0) is 16.3. The zero-order valence-electron chi connectivity index (χ0n) is 13.7. The highest BCUT2D eigenvalue weighted by Crippen LogP contribution is 2.30. The van der Waals surface area contributed by atoms with E-state index in [4.69, 9.17) is 14.2 Å². The van der Waals surface area contributed by atoms with Crippen molar-refractivity contribution in [2.75, 3.05) is 20.4 Å². The molecule has 1 aliphatic heterocycles. The van der Waals surface area contributed by atoms with E-state index >= 15 is 0 Å². The van der Waals surface area contributed by atoms with Crippen LogP contribution in [0.2, 0.25) is 0 Å². The number of hydrogen-bond donors (Lipinski definition) is 1. The van der Waals surface area contributed by atoms with Gasteiger partial charge < -0.3 is 19.5 Å². The van der Waals surface area contributed by atoms with Gasteiger partial charge in [-0.05, 0) is 34.6 Å². The molecule has 1 rings (SSSR count). The lowest BCUT2D eigenvalue weighted by Crippen LogP contribution is -2.50. The van der Waals surface area contributed by atoms with Crippen molar-refractivity contribution in [2.24, 2.45) is 0 Å². The summed E-state index contributed by atoms with van der Waals surface area (Å²) in [6.07, 6.45) is -0.332. The number of nitrogens with zero attached hydrogens (tertiary/aromatic N) is 1. The molecule has 0 aromatic carbocycles. The summed E-state index contributed by atoms with van der Waals surface area (Å²) >= 11 is 0. The number of carbonyl (C=O) groups is 2. The number of rotatable bonds is 4. The molecule has 0 bridgehead atoms. The smallest absolute Gasteiger partial charge is 0.412 e. The molecule has 7 heteroatoms. The summed E-state index contributed by atoms with van der Waals surface area (Å²) < 4.78 is 15.8. The molecule has 1 aliphatic rings. The second-order valence-electron chi connectivity index (χ2n) is 6.50. The average Bonchev–Trinajstić information content (AvgIpc) is 2.59. The van der Waals surface area contributed by atoms with Crippen molar-refractivity contribution >= 4 is 12.0 Å².